The molecule has 0 aromatic rings. The van der Waals surface area contributed by atoms with E-state index in [2.05, 4.69) is 4.72 Å². The fourth-order valence-corrected chi connectivity index (χ4v) is 3.64. The maximum atomic E-state index is 12.2. The second-order valence-corrected chi connectivity index (χ2v) is 6.58. The van der Waals surface area contributed by atoms with Crippen LogP contribution in [0.1, 0.15) is 33.6 Å². The lowest BCUT2D eigenvalue weighted by atomic mass is 10.2. The molecule has 1 heterocycles. The first-order valence-corrected chi connectivity index (χ1v) is 7.86. The number of hydrogen-bond acceptors (Lipinski definition) is 4. The van der Waals surface area contributed by atoms with Gasteiger partial charge in [-0.15, -0.1) is 0 Å². The lowest BCUT2D eigenvalue weighted by Gasteiger charge is -2.34. The fraction of sp³-hybridized carbons (Fsp3) is 0.909. The Balaban J connectivity index is 2.76. The molecule has 3 atom stereocenters. The molecule has 0 radical (unpaired) electrons. The summed E-state index contributed by atoms with van der Waals surface area (Å²) in [6, 6.07) is -1.08. The SMILES string of the molecule is CCCC(NS(=O)(=O)N1CC(C)OC(C)C1)C(=O)O. The van der Waals surface area contributed by atoms with E-state index >= 15 is 0 Å². The van der Waals surface area contributed by atoms with E-state index < -0.39 is 22.2 Å². The van der Waals surface area contributed by atoms with Crippen LogP contribution in [0.3, 0.4) is 0 Å². The van der Waals surface area contributed by atoms with E-state index in [0.717, 1.165) is 0 Å². The molecule has 1 aliphatic rings. The van der Waals surface area contributed by atoms with Crippen LogP contribution in [0.5, 0.6) is 0 Å². The third-order valence-electron chi connectivity index (χ3n) is 2.89. The van der Waals surface area contributed by atoms with Crippen molar-refractivity contribution in [3.05, 3.63) is 0 Å². The van der Waals surface area contributed by atoms with E-state index in [9.17, 15) is 13.2 Å². The van der Waals surface area contributed by atoms with Crippen molar-refractivity contribution in [2.75, 3.05) is 13.1 Å². The summed E-state index contributed by atoms with van der Waals surface area (Å²) in [6.07, 6.45) is 0.462. The van der Waals surface area contributed by atoms with Gasteiger partial charge in [-0.3, -0.25) is 4.79 Å². The summed E-state index contributed by atoms with van der Waals surface area (Å²) < 4.78 is 33.3. The molecule has 112 valence electrons. The van der Waals surface area contributed by atoms with Crippen molar-refractivity contribution in [3.8, 4) is 0 Å². The number of ether oxygens (including phenoxy) is 1. The van der Waals surface area contributed by atoms with Crippen molar-refractivity contribution in [3.63, 3.8) is 0 Å². The Hall–Kier alpha value is -0.700. The Kier molecular flexibility index (Phi) is 5.72. The first kappa shape index (κ1) is 16.4. The molecule has 19 heavy (non-hydrogen) atoms. The number of carboxylic acids is 1. The Bertz CT molecular complexity index is 401. The Morgan fingerprint density at radius 3 is 2.37 bits per heavy atom. The average Bonchev–Trinajstić information content (AvgIpc) is 2.26. The van der Waals surface area contributed by atoms with Crippen LogP contribution in [0.2, 0.25) is 0 Å². The second kappa shape index (κ2) is 6.65. The molecule has 7 nitrogen and oxygen atoms in total. The Labute approximate surface area is 114 Å². The summed E-state index contributed by atoms with van der Waals surface area (Å²) in [7, 11) is -3.79. The molecule has 0 aromatic carbocycles. The Morgan fingerprint density at radius 2 is 1.95 bits per heavy atom. The number of hydrogen-bond donors (Lipinski definition) is 2. The predicted molar refractivity (Wildman–Crippen MR) is 70.0 cm³/mol. The van der Waals surface area contributed by atoms with E-state index in [1.54, 1.807) is 13.8 Å². The molecule has 2 N–H and O–H groups in total. The minimum absolute atomic E-state index is 0.199. The second-order valence-electron chi connectivity index (χ2n) is 4.88. The van der Waals surface area contributed by atoms with Crippen molar-refractivity contribution < 1.29 is 23.1 Å². The van der Waals surface area contributed by atoms with Crippen molar-refractivity contribution >= 4 is 16.2 Å². The van der Waals surface area contributed by atoms with E-state index in [1.807, 2.05) is 6.92 Å². The fourth-order valence-electron chi connectivity index (χ4n) is 2.10. The molecule has 3 unspecified atom stereocenters. The predicted octanol–water partition coefficient (Wildman–Crippen LogP) is 0.183. The van der Waals surface area contributed by atoms with Gasteiger partial charge in [-0.2, -0.15) is 17.4 Å². The van der Waals surface area contributed by atoms with Gasteiger partial charge in [0.05, 0.1) is 12.2 Å². The molecule has 0 bridgehead atoms. The Morgan fingerprint density at radius 1 is 1.42 bits per heavy atom. The van der Waals surface area contributed by atoms with Crippen molar-refractivity contribution in [1.29, 1.82) is 0 Å². The summed E-state index contributed by atoms with van der Waals surface area (Å²) in [5, 5.41) is 9.00. The molecule has 8 heteroatoms. The van der Waals surface area contributed by atoms with Gasteiger partial charge in [-0.25, -0.2) is 0 Å². The van der Waals surface area contributed by atoms with Gasteiger partial charge in [-0.1, -0.05) is 13.3 Å². The summed E-state index contributed by atoms with van der Waals surface area (Å²) in [6.45, 7) is 5.86. The number of nitrogens with one attached hydrogen (secondary N) is 1. The van der Waals surface area contributed by atoms with Crippen LogP contribution in [-0.4, -0.2) is 55.1 Å². The lowest BCUT2D eigenvalue weighted by molar-refractivity contribution is -0.139. The van der Waals surface area contributed by atoms with Crippen molar-refractivity contribution in [2.24, 2.45) is 0 Å². The zero-order valence-electron chi connectivity index (χ0n) is 11.5. The highest BCUT2D eigenvalue weighted by atomic mass is 32.2. The van der Waals surface area contributed by atoms with Gasteiger partial charge in [0.1, 0.15) is 6.04 Å². The first-order valence-electron chi connectivity index (χ1n) is 6.42. The van der Waals surface area contributed by atoms with Crippen LogP contribution in [0, 0.1) is 0 Å². The van der Waals surface area contributed by atoms with E-state index in [4.69, 9.17) is 9.84 Å². The van der Waals surface area contributed by atoms with Crippen LogP contribution in [0.15, 0.2) is 0 Å². The van der Waals surface area contributed by atoms with Crippen LogP contribution < -0.4 is 4.72 Å². The highest BCUT2D eigenvalue weighted by Crippen LogP contribution is 2.14. The quantitative estimate of drug-likeness (QED) is 0.728. The smallest absolute Gasteiger partial charge is 0.321 e. The molecule has 0 aromatic heterocycles. The van der Waals surface area contributed by atoms with Crippen LogP contribution in [0.25, 0.3) is 0 Å². The van der Waals surface area contributed by atoms with Gasteiger partial charge in [0.2, 0.25) is 0 Å². The van der Waals surface area contributed by atoms with Crippen LogP contribution in [0.4, 0.5) is 0 Å². The number of morpholine rings is 1. The molecule has 1 saturated heterocycles. The molecule has 1 rings (SSSR count). The van der Waals surface area contributed by atoms with Gasteiger partial charge < -0.3 is 9.84 Å². The van der Waals surface area contributed by atoms with Gasteiger partial charge in [0.15, 0.2) is 0 Å². The van der Waals surface area contributed by atoms with Gasteiger partial charge >= 0.3 is 5.97 Å². The van der Waals surface area contributed by atoms with Crippen LogP contribution >= 0.6 is 0 Å². The number of carbonyl (C=O) groups is 1. The summed E-state index contributed by atoms with van der Waals surface area (Å²) in [5.41, 5.74) is 0. The van der Waals surface area contributed by atoms with E-state index in [1.165, 1.54) is 4.31 Å². The monoisotopic (exact) mass is 294 g/mol. The number of aliphatic carboxylic acids is 1. The number of nitrogens with zero attached hydrogens (tertiary/aromatic N) is 1. The summed E-state index contributed by atoms with van der Waals surface area (Å²) >= 11 is 0. The molecule has 0 aliphatic carbocycles. The first-order chi connectivity index (χ1) is 8.76. The topological polar surface area (TPSA) is 95.9 Å². The molecular formula is C11H22N2O5S. The molecule has 1 aliphatic heterocycles. The molecule has 0 spiro atoms. The summed E-state index contributed by atoms with van der Waals surface area (Å²) in [5.74, 6) is -1.15. The molecular weight excluding hydrogens is 272 g/mol. The minimum atomic E-state index is -3.79. The third-order valence-corrected chi connectivity index (χ3v) is 4.45. The van der Waals surface area contributed by atoms with Crippen molar-refractivity contribution in [2.45, 2.75) is 51.9 Å². The maximum Gasteiger partial charge on any atom is 0.321 e. The number of rotatable bonds is 6. The summed E-state index contributed by atoms with van der Waals surface area (Å²) in [4.78, 5) is 11.0. The highest BCUT2D eigenvalue weighted by Gasteiger charge is 2.33. The van der Waals surface area contributed by atoms with Crippen molar-refractivity contribution in [1.82, 2.24) is 9.03 Å². The van der Waals surface area contributed by atoms with E-state index in [-0.39, 0.29) is 31.7 Å². The lowest BCUT2D eigenvalue weighted by Crippen LogP contribution is -2.54. The minimum Gasteiger partial charge on any atom is -0.480 e. The normalized spacial score (nSPS) is 27.1. The van der Waals surface area contributed by atoms with Crippen LogP contribution in [-0.2, 0) is 19.7 Å². The molecule has 1 fully saturated rings. The number of carboxylic acid groups (broad SMARTS) is 1. The largest absolute Gasteiger partial charge is 0.480 e. The zero-order valence-corrected chi connectivity index (χ0v) is 12.3. The molecule has 0 saturated carbocycles. The highest BCUT2D eigenvalue weighted by molar-refractivity contribution is 7.87. The van der Waals surface area contributed by atoms with E-state index in [0.29, 0.717) is 6.42 Å². The third kappa shape index (κ3) is 4.72. The molecule has 0 amide bonds. The average molecular weight is 294 g/mol. The standard InChI is InChI=1S/C11H22N2O5S/c1-4-5-10(11(14)15)12-19(16,17)13-6-8(2)18-9(3)7-13/h8-10,12H,4-7H2,1-3H3,(H,14,15). The van der Waals surface area contributed by atoms with Gasteiger partial charge in [0, 0.05) is 13.1 Å². The van der Waals surface area contributed by atoms with Gasteiger partial charge in [0.25, 0.3) is 10.2 Å². The zero-order chi connectivity index (χ0) is 14.6. The maximum absolute atomic E-state index is 12.2. The van der Waals surface area contributed by atoms with Gasteiger partial charge in [-0.05, 0) is 20.3 Å².